The molecule has 0 aromatic heterocycles. The summed E-state index contributed by atoms with van der Waals surface area (Å²) in [6, 6.07) is 20.0. The van der Waals surface area contributed by atoms with Gasteiger partial charge < -0.3 is 14.7 Å². The van der Waals surface area contributed by atoms with E-state index in [2.05, 4.69) is 6.58 Å². The maximum atomic E-state index is 12.1. The Morgan fingerprint density at radius 1 is 1.19 bits per heavy atom. The molecule has 1 heterocycles. The highest BCUT2D eigenvalue weighted by Gasteiger charge is 2.30. The Kier molecular flexibility index (Phi) is 8.59. The Bertz CT molecular complexity index is 658. The van der Waals surface area contributed by atoms with Gasteiger partial charge in [0.25, 0.3) is 0 Å². The van der Waals surface area contributed by atoms with Crippen LogP contribution in [-0.4, -0.2) is 35.4 Å². The molecule has 0 aliphatic carbocycles. The summed E-state index contributed by atoms with van der Waals surface area (Å²) < 4.78 is 5.45. The molecule has 1 aliphatic heterocycles. The quantitative estimate of drug-likeness (QED) is 0.776. The Morgan fingerprint density at radius 3 is 2.26 bits per heavy atom. The second kappa shape index (κ2) is 11.2. The Morgan fingerprint density at radius 2 is 1.78 bits per heavy atom. The Balaban J connectivity index is 0.000000369. The smallest absolute Gasteiger partial charge is 0.410 e. The summed E-state index contributed by atoms with van der Waals surface area (Å²) in [6.45, 7) is 6.59. The van der Waals surface area contributed by atoms with Crippen molar-refractivity contribution in [1.82, 2.24) is 4.90 Å². The molecule has 2 unspecified atom stereocenters. The summed E-state index contributed by atoms with van der Waals surface area (Å²) in [5.41, 5.74) is 2.16. The lowest BCUT2D eigenvalue weighted by Gasteiger charge is -2.35. The van der Waals surface area contributed by atoms with Gasteiger partial charge in [0.05, 0.1) is 6.04 Å². The summed E-state index contributed by atoms with van der Waals surface area (Å²) in [7, 11) is 0. The van der Waals surface area contributed by atoms with Crippen LogP contribution in [0, 0.1) is 0 Å². The van der Waals surface area contributed by atoms with Crippen LogP contribution in [-0.2, 0) is 4.74 Å². The number of rotatable bonds is 6. The van der Waals surface area contributed by atoms with Crippen LogP contribution in [0.5, 0.6) is 0 Å². The standard InChI is InChI=1S/C17H23NO3.C6H6/c1-3-14-6-8-15(9-7-14)13(2)18-11-10-16(5-4-12-19)21-17(18)20;1-2-4-6-5-3-1/h3,6-9,13,16,19H,1,4-5,10-12H2,2H3;1-6H. The number of benzene rings is 2. The number of carbonyl (C=O) groups excluding carboxylic acids is 1. The number of carbonyl (C=O) groups is 1. The molecule has 1 saturated heterocycles. The normalized spacial score (nSPS) is 17.3. The monoisotopic (exact) mass is 367 g/mol. The van der Waals surface area contributed by atoms with Crippen LogP contribution in [0.15, 0.2) is 67.2 Å². The van der Waals surface area contributed by atoms with E-state index in [0.717, 1.165) is 24.0 Å². The summed E-state index contributed by atoms with van der Waals surface area (Å²) in [5.74, 6) is 0. The van der Waals surface area contributed by atoms with Crippen LogP contribution in [0.4, 0.5) is 4.79 Å². The topological polar surface area (TPSA) is 49.8 Å². The van der Waals surface area contributed by atoms with E-state index in [1.165, 1.54) is 0 Å². The summed E-state index contributed by atoms with van der Waals surface area (Å²) in [6.07, 6.45) is 3.71. The molecule has 0 saturated carbocycles. The molecule has 1 fully saturated rings. The van der Waals surface area contributed by atoms with E-state index in [0.29, 0.717) is 13.0 Å². The predicted molar refractivity (Wildman–Crippen MR) is 109 cm³/mol. The molecule has 3 rings (SSSR count). The van der Waals surface area contributed by atoms with Crippen LogP contribution >= 0.6 is 0 Å². The first kappa shape index (κ1) is 20.7. The molecular weight excluding hydrogens is 338 g/mol. The second-order valence-electron chi connectivity index (χ2n) is 6.56. The van der Waals surface area contributed by atoms with Gasteiger partial charge in [-0.05, 0) is 30.9 Å². The maximum absolute atomic E-state index is 12.1. The number of hydrogen-bond donors (Lipinski definition) is 1. The average Bonchev–Trinajstić information content (AvgIpc) is 2.73. The summed E-state index contributed by atoms with van der Waals surface area (Å²) >= 11 is 0. The van der Waals surface area contributed by atoms with E-state index in [4.69, 9.17) is 9.84 Å². The highest BCUT2D eigenvalue weighted by atomic mass is 16.6. The minimum absolute atomic E-state index is 0.00448. The molecular formula is C23H29NO3. The van der Waals surface area contributed by atoms with E-state index < -0.39 is 0 Å². The van der Waals surface area contributed by atoms with Crippen molar-refractivity contribution in [2.75, 3.05) is 13.2 Å². The molecule has 27 heavy (non-hydrogen) atoms. The van der Waals surface area contributed by atoms with Crippen molar-refractivity contribution >= 4 is 12.2 Å². The van der Waals surface area contributed by atoms with Crippen molar-refractivity contribution in [2.45, 2.75) is 38.3 Å². The highest BCUT2D eigenvalue weighted by molar-refractivity contribution is 5.69. The summed E-state index contributed by atoms with van der Waals surface area (Å²) in [4.78, 5) is 13.9. The molecule has 1 N–H and O–H groups in total. The molecule has 0 bridgehead atoms. The van der Waals surface area contributed by atoms with E-state index in [1.54, 1.807) is 11.0 Å². The number of amides is 1. The van der Waals surface area contributed by atoms with Crippen LogP contribution in [0.3, 0.4) is 0 Å². The first-order valence-electron chi connectivity index (χ1n) is 9.46. The lowest BCUT2D eigenvalue weighted by Crippen LogP contribution is -2.43. The lowest BCUT2D eigenvalue weighted by molar-refractivity contribution is 0.00760. The van der Waals surface area contributed by atoms with Crippen molar-refractivity contribution < 1.29 is 14.6 Å². The van der Waals surface area contributed by atoms with Crippen LogP contribution < -0.4 is 0 Å². The van der Waals surface area contributed by atoms with Gasteiger partial charge in [-0.2, -0.15) is 0 Å². The third-order valence-electron chi connectivity index (χ3n) is 4.67. The van der Waals surface area contributed by atoms with Crippen molar-refractivity contribution in [3.63, 3.8) is 0 Å². The SMILES string of the molecule is C=Cc1ccc(C(C)N2CCC(CCCO)OC2=O)cc1.c1ccccc1. The molecule has 4 nitrogen and oxygen atoms in total. The largest absolute Gasteiger partial charge is 0.446 e. The van der Waals surface area contributed by atoms with E-state index in [1.807, 2.05) is 67.6 Å². The minimum atomic E-state index is -0.260. The third-order valence-corrected chi connectivity index (χ3v) is 4.67. The molecule has 4 heteroatoms. The zero-order valence-corrected chi connectivity index (χ0v) is 16.0. The van der Waals surface area contributed by atoms with E-state index in [9.17, 15) is 4.79 Å². The van der Waals surface area contributed by atoms with Crippen LogP contribution in [0.2, 0.25) is 0 Å². The molecule has 1 amide bonds. The van der Waals surface area contributed by atoms with Crippen LogP contribution in [0.1, 0.15) is 43.4 Å². The van der Waals surface area contributed by atoms with Crippen LogP contribution in [0.25, 0.3) is 6.08 Å². The first-order chi connectivity index (χ1) is 13.2. The molecule has 144 valence electrons. The second-order valence-corrected chi connectivity index (χ2v) is 6.56. The zero-order chi connectivity index (χ0) is 19.5. The van der Waals surface area contributed by atoms with Gasteiger partial charge in [-0.1, -0.05) is 73.3 Å². The number of aliphatic hydroxyl groups is 1. The zero-order valence-electron chi connectivity index (χ0n) is 16.0. The van der Waals surface area contributed by atoms with Gasteiger partial charge >= 0.3 is 6.09 Å². The Hall–Kier alpha value is -2.59. The number of nitrogens with zero attached hydrogens (tertiary/aromatic N) is 1. The maximum Gasteiger partial charge on any atom is 0.410 e. The molecule has 2 aromatic carbocycles. The van der Waals surface area contributed by atoms with E-state index in [-0.39, 0.29) is 24.8 Å². The van der Waals surface area contributed by atoms with Gasteiger partial charge in [0.2, 0.25) is 0 Å². The molecule has 0 radical (unpaired) electrons. The Labute approximate surface area is 162 Å². The molecule has 0 spiro atoms. The first-order valence-corrected chi connectivity index (χ1v) is 9.46. The van der Waals surface area contributed by atoms with E-state index >= 15 is 0 Å². The third kappa shape index (κ3) is 6.57. The fourth-order valence-electron chi connectivity index (χ4n) is 2.99. The molecule has 1 aliphatic rings. The highest BCUT2D eigenvalue weighted by Crippen LogP contribution is 2.26. The van der Waals surface area contributed by atoms with Gasteiger partial charge in [0.1, 0.15) is 6.10 Å². The van der Waals surface area contributed by atoms with Crippen molar-refractivity contribution in [1.29, 1.82) is 0 Å². The van der Waals surface area contributed by atoms with Crippen molar-refractivity contribution in [2.24, 2.45) is 0 Å². The van der Waals surface area contributed by atoms with Gasteiger partial charge in [-0.3, -0.25) is 0 Å². The van der Waals surface area contributed by atoms with Crippen molar-refractivity contribution in [3.8, 4) is 0 Å². The fraction of sp³-hybridized carbons (Fsp3) is 0.348. The number of aliphatic hydroxyl groups excluding tert-OH is 1. The van der Waals surface area contributed by atoms with Gasteiger partial charge in [-0.25, -0.2) is 4.79 Å². The number of ether oxygens (including phenoxy) is 1. The minimum Gasteiger partial charge on any atom is -0.446 e. The van der Waals surface area contributed by atoms with Gasteiger partial charge in [-0.15, -0.1) is 0 Å². The fourth-order valence-corrected chi connectivity index (χ4v) is 2.99. The number of cyclic esters (lactones) is 1. The average molecular weight is 367 g/mol. The molecule has 2 aromatic rings. The van der Waals surface area contributed by atoms with Crippen molar-refractivity contribution in [3.05, 3.63) is 78.4 Å². The summed E-state index contributed by atoms with van der Waals surface area (Å²) in [5, 5.41) is 8.84. The number of hydrogen-bond acceptors (Lipinski definition) is 3. The van der Waals surface area contributed by atoms with Gasteiger partial charge in [0, 0.05) is 19.6 Å². The molecule has 2 atom stereocenters. The lowest BCUT2D eigenvalue weighted by atomic mass is 10.0. The predicted octanol–water partition coefficient (Wildman–Crippen LogP) is 5.06. The van der Waals surface area contributed by atoms with Gasteiger partial charge in [0.15, 0.2) is 0 Å².